The van der Waals surface area contributed by atoms with Crippen molar-refractivity contribution in [1.82, 2.24) is 10.2 Å². The summed E-state index contributed by atoms with van der Waals surface area (Å²) in [5.41, 5.74) is 1.77. The number of hydrogen-bond donors (Lipinski definition) is 1. The van der Waals surface area contributed by atoms with E-state index in [-0.39, 0.29) is 5.56 Å². The summed E-state index contributed by atoms with van der Waals surface area (Å²) in [7, 11) is 0. The second-order valence-electron chi connectivity index (χ2n) is 3.03. The van der Waals surface area contributed by atoms with Crippen LogP contribution in [0.5, 0.6) is 0 Å². The number of aromatic carboxylic acids is 1. The van der Waals surface area contributed by atoms with Crippen molar-refractivity contribution in [3.05, 3.63) is 35.5 Å². The summed E-state index contributed by atoms with van der Waals surface area (Å²) < 4.78 is 0. The molecule has 1 N–H and O–H groups in total. The van der Waals surface area contributed by atoms with Gasteiger partial charge in [-0.15, -0.1) is 0 Å². The maximum absolute atomic E-state index is 10.9. The van der Waals surface area contributed by atoms with Crippen LogP contribution < -0.4 is 0 Å². The lowest BCUT2D eigenvalue weighted by molar-refractivity contribution is 0.0698. The molecule has 1 aromatic heterocycles. The van der Waals surface area contributed by atoms with Crippen LogP contribution in [0.25, 0.3) is 10.9 Å². The van der Waals surface area contributed by atoms with Gasteiger partial charge < -0.3 is 5.11 Å². The molecule has 0 amide bonds. The highest BCUT2D eigenvalue weighted by atomic mass is 16.4. The number of nitrogens with zero attached hydrogens (tertiary/aromatic N) is 2. The Hall–Kier alpha value is -1.97. The molecule has 1 heterocycles. The van der Waals surface area contributed by atoms with Gasteiger partial charge in [-0.3, -0.25) is 0 Å². The standard InChI is InChI=1S/C10H8N2O2/c1-6-3-2-4-7-8(10(13)14)5-11-12-9(6)7/h2-5H,1H3,(H,13,14). The number of fused-ring (bicyclic) bond motifs is 1. The summed E-state index contributed by atoms with van der Waals surface area (Å²) in [6.07, 6.45) is 1.27. The van der Waals surface area contributed by atoms with Gasteiger partial charge in [0.15, 0.2) is 0 Å². The number of carboxylic acid groups (broad SMARTS) is 1. The van der Waals surface area contributed by atoms with Gasteiger partial charge in [-0.2, -0.15) is 10.2 Å². The number of hydrogen-bond acceptors (Lipinski definition) is 3. The highest BCUT2D eigenvalue weighted by Gasteiger charge is 2.10. The molecular formula is C10H8N2O2. The molecule has 70 valence electrons. The Morgan fingerprint density at radius 2 is 2.21 bits per heavy atom. The van der Waals surface area contributed by atoms with Crippen LogP contribution in [0.3, 0.4) is 0 Å². The molecule has 0 saturated heterocycles. The fourth-order valence-corrected chi connectivity index (χ4v) is 1.39. The van der Waals surface area contributed by atoms with E-state index in [2.05, 4.69) is 10.2 Å². The number of rotatable bonds is 1. The monoisotopic (exact) mass is 188 g/mol. The van der Waals surface area contributed by atoms with Crippen LogP contribution in [0.2, 0.25) is 0 Å². The van der Waals surface area contributed by atoms with Crippen LogP contribution in [0.15, 0.2) is 24.4 Å². The Morgan fingerprint density at radius 1 is 1.43 bits per heavy atom. The highest BCUT2D eigenvalue weighted by molar-refractivity contribution is 6.02. The molecule has 0 aliphatic carbocycles. The Bertz CT molecular complexity index is 508. The summed E-state index contributed by atoms with van der Waals surface area (Å²) in [5.74, 6) is -0.976. The molecule has 0 fully saturated rings. The van der Waals surface area contributed by atoms with Crippen molar-refractivity contribution < 1.29 is 9.90 Å². The normalized spacial score (nSPS) is 10.4. The molecule has 0 radical (unpaired) electrons. The quantitative estimate of drug-likeness (QED) is 0.738. The topological polar surface area (TPSA) is 63.1 Å². The van der Waals surface area contributed by atoms with E-state index in [4.69, 9.17) is 5.11 Å². The van der Waals surface area contributed by atoms with Crippen LogP contribution in [0, 0.1) is 6.92 Å². The molecule has 0 aliphatic rings. The first-order valence-electron chi connectivity index (χ1n) is 4.14. The number of carbonyl (C=O) groups is 1. The van der Waals surface area contributed by atoms with Crippen LogP contribution >= 0.6 is 0 Å². The van der Waals surface area contributed by atoms with E-state index in [1.807, 2.05) is 19.1 Å². The van der Waals surface area contributed by atoms with Gasteiger partial charge in [-0.1, -0.05) is 18.2 Å². The molecule has 4 nitrogen and oxygen atoms in total. The average Bonchev–Trinajstić information content (AvgIpc) is 2.17. The lowest BCUT2D eigenvalue weighted by Crippen LogP contribution is -2.00. The maximum atomic E-state index is 10.9. The van der Waals surface area contributed by atoms with Gasteiger partial charge in [-0.05, 0) is 12.5 Å². The predicted octanol–water partition coefficient (Wildman–Crippen LogP) is 1.64. The van der Waals surface area contributed by atoms with E-state index < -0.39 is 5.97 Å². The predicted molar refractivity (Wildman–Crippen MR) is 51.2 cm³/mol. The molecule has 0 saturated carbocycles. The molecule has 0 aliphatic heterocycles. The molecule has 0 spiro atoms. The van der Waals surface area contributed by atoms with Crippen LogP contribution in [0.4, 0.5) is 0 Å². The molecule has 0 bridgehead atoms. The third kappa shape index (κ3) is 1.21. The lowest BCUT2D eigenvalue weighted by Gasteiger charge is -2.01. The second kappa shape index (κ2) is 3.06. The van der Waals surface area contributed by atoms with Gasteiger partial charge in [0.1, 0.15) is 0 Å². The third-order valence-corrected chi connectivity index (χ3v) is 2.10. The van der Waals surface area contributed by atoms with Gasteiger partial charge in [0.2, 0.25) is 0 Å². The highest BCUT2D eigenvalue weighted by Crippen LogP contribution is 2.18. The minimum atomic E-state index is -0.976. The summed E-state index contributed by atoms with van der Waals surface area (Å²) in [6.45, 7) is 1.88. The average molecular weight is 188 g/mol. The molecule has 0 atom stereocenters. The zero-order valence-corrected chi connectivity index (χ0v) is 7.56. The van der Waals surface area contributed by atoms with Crippen molar-refractivity contribution >= 4 is 16.9 Å². The van der Waals surface area contributed by atoms with Crippen molar-refractivity contribution in [2.75, 3.05) is 0 Å². The second-order valence-corrected chi connectivity index (χ2v) is 3.03. The first kappa shape index (κ1) is 8.62. The van der Waals surface area contributed by atoms with Crippen molar-refractivity contribution in [3.63, 3.8) is 0 Å². The number of carboxylic acids is 1. The van der Waals surface area contributed by atoms with Gasteiger partial charge in [0.25, 0.3) is 0 Å². The summed E-state index contributed by atoms with van der Waals surface area (Å²) in [6, 6.07) is 5.43. The Balaban J connectivity index is 2.88. The van der Waals surface area contributed by atoms with Crippen molar-refractivity contribution in [3.8, 4) is 0 Å². The first-order chi connectivity index (χ1) is 6.70. The van der Waals surface area contributed by atoms with Crippen molar-refractivity contribution in [1.29, 1.82) is 0 Å². The summed E-state index contributed by atoms with van der Waals surface area (Å²) in [4.78, 5) is 10.9. The summed E-state index contributed by atoms with van der Waals surface area (Å²) >= 11 is 0. The van der Waals surface area contributed by atoms with Crippen LogP contribution in [-0.2, 0) is 0 Å². The van der Waals surface area contributed by atoms with Crippen molar-refractivity contribution in [2.45, 2.75) is 6.92 Å². The molecule has 0 unspecified atom stereocenters. The Morgan fingerprint density at radius 3 is 2.93 bits per heavy atom. The molecular weight excluding hydrogens is 180 g/mol. The van der Waals surface area contributed by atoms with E-state index in [1.165, 1.54) is 6.20 Å². The van der Waals surface area contributed by atoms with E-state index in [9.17, 15) is 4.79 Å². The zero-order valence-electron chi connectivity index (χ0n) is 7.56. The molecule has 2 rings (SSSR count). The van der Waals surface area contributed by atoms with Gasteiger partial charge in [0, 0.05) is 5.39 Å². The van der Waals surface area contributed by atoms with Gasteiger partial charge in [0.05, 0.1) is 17.3 Å². The zero-order chi connectivity index (χ0) is 10.1. The van der Waals surface area contributed by atoms with Gasteiger partial charge in [-0.25, -0.2) is 4.79 Å². The summed E-state index contributed by atoms with van der Waals surface area (Å²) in [5, 5.41) is 17.1. The number of aryl methyl sites for hydroxylation is 1. The molecule has 14 heavy (non-hydrogen) atoms. The fraction of sp³-hybridized carbons (Fsp3) is 0.100. The van der Waals surface area contributed by atoms with Gasteiger partial charge >= 0.3 is 5.97 Å². The van der Waals surface area contributed by atoms with Crippen molar-refractivity contribution in [2.24, 2.45) is 0 Å². The minimum Gasteiger partial charge on any atom is -0.478 e. The fourth-order valence-electron chi connectivity index (χ4n) is 1.39. The largest absolute Gasteiger partial charge is 0.478 e. The third-order valence-electron chi connectivity index (χ3n) is 2.10. The van der Waals surface area contributed by atoms with Crippen LogP contribution in [0.1, 0.15) is 15.9 Å². The van der Waals surface area contributed by atoms with E-state index in [1.54, 1.807) is 6.07 Å². The first-order valence-corrected chi connectivity index (χ1v) is 4.14. The minimum absolute atomic E-state index is 0.193. The maximum Gasteiger partial charge on any atom is 0.338 e. The Labute approximate surface area is 80.2 Å². The van der Waals surface area contributed by atoms with E-state index in [0.717, 1.165) is 5.56 Å². The SMILES string of the molecule is Cc1cccc2c(C(=O)O)cnnc12. The van der Waals surface area contributed by atoms with Crippen LogP contribution in [-0.4, -0.2) is 21.3 Å². The van der Waals surface area contributed by atoms with E-state index in [0.29, 0.717) is 10.9 Å². The molecule has 2 aromatic rings. The lowest BCUT2D eigenvalue weighted by atomic mass is 10.1. The smallest absolute Gasteiger partial charge is 0.338 e. The molecule has 1 aromatic carbocycles. The Kier molecular flexibility index (Phi) is 1.89. The van der Waals surface area contributed by atoms with E-state index >= 15 is 0 Å². The molecule has 4 heteroatoms. The number of aromatic nitrogens is 2. The number of benzene rings is 1.